The molecule has 0 aliphatic carbocycles. The second-order valence-electron chi connectivity index (χ2n) is 10.0. The Labute approximate surface area is 228 Å². The number of nitrogens with zero attached hydrogens (tertiary/aromatic N) is 4. The number of carbonyl (C=O) groups is 1. The monoisotopic (exact) mass is 533 g/mol. The van der Waals surface area contributed by atoms with Crippen LogP contribution in [0, 0.1) is 6.92 Å². The van der Waals surface area contributed by atoms with Crippen molar-refractivity contribution in [2.75, 3.05) is 26.6 Å². The summed E-state index contributed by atoms with van der Waals surface area (Å²) in [6.45, 7) is 10.2. The first-order valence-electron chi connectivity index (χ1n) is 12.7. The molecule has 0 radical (unpaired) electrons. The number of rotatable bonds is 9. The molecule has 39 heavy (non-hydrogen) atoms. The summed E-state index contributed by atoms with van der Waals surface area (Å²) in [5.74, 6) is 3.10. The zero-order valence-corrected chi connectivity index (χ0v) is 23.7. The summed E-state index contributed by atoms with van der Waals surface area (Å²) in [5.41, 5.74) is 2.81. The number of hydrogen-bond donors (Lipinski definition) is 1. The SMILES string of the molecule is CCc1c(C)nn(C(C)(C)C)c1NC(=O)Cc1ncc(Oc2ccnc3cc(OC)c(OC)cc23)cc1OC. The fourth-order valence-electron chi connectivity index (χ4n) is 4.41. The second kappa shape index (κ2) is 11.2. The van der Waals surface area contributed by atoms with Gasteiger partial charge in [-0.3, -0.25) is 14.8 Å². The Morgan fingerprint density at radius 2 is 1.67 bits per heavy atom. The third-order valence-electron chi connectivity index (χ3n) is 6.32. The summed E-state index contributed by atoms with van der Waals surface area (Å²) < 4.78 is 24.4. The number of benzene rings is 1. The molecule has 1 N–H and O–H groups in total. The van der Waals surface area contributed by atoms with E-state index < -0.39 is 0 Å². The number of ether oxygens (including phenoxy) is 4. The zero-order valence-electron chi connectivity index (χ0n) is 23.7. The van der Waals surface area contributed by atoms with Gasteiger partial charge in [-0.15, -0.1) is 0 Å². The molecule has 1 aromatic carbocycles. The van der Waals surface area contributed by atoms with Crippen LogP contribution in [0.1, 0.15) is 44.6 Å². The summed E-state index contributed by atoms with van der Waals surface area (Å²) >= 11 is 0. The summed E-state index contributed by atoms with van der Waals surface area (Å²) in [7, 11) is 4.69. The number of methoxy groups -OCH3 is 3. The molecule has 0 aliphatic heterocycles. The molecule has 3 heterocycles. The van der Waals surface area contributed by atoms with Gasteiger partial charge in [0.25, 0.3) is 0 Å². The minimum atomic E-state index is -0.290. The summed E-state index contributed by atoms with van der Waals surface area (Å²) in [6.07, 6.45) is 4.00. The number of amides is 1. The quantitative estimate of drug-likeness (QED) is 0.302. The summed E-state index contributed by atoms with van der Waals surface area (Å²) in [6, 6.07) is 7.07. The van der Waals surface area contributed by atoms with Crippen molar-refractivity contribution in [1.82, 2.24) is 19.7 Å². The molecular weight excluding hydrogens is 498 g/mol. The highest BCUT2D eigenvalue weighted by Gasteiger charge is 2.24. The van der Waals surface area contributed by atoms with Crippen LogP contribution in [-0.4, -0.2) is 47.0 Å². The molecule has 3 aromatic heterocycles. The van der Waals surface area contributed by atoms with Crippen LogP contribution in [0.25, 0.3) is 10.9 Å². The minimum absolute atomic E-state index is 0.0240. The average molecular weight is 534 g/mol. The van der Waals surface area contributed by atoms with Gasteiger partial charge < -0.3 is 24.3 Å². The lowest BCUT2D eigenvalue weighted by Crippen LogP contribution is -2.27. The van der Waals surface area contributed by atoms with Crippen molar-refractivity contribution >= 4 is 22.6 Å². The molecule has 206 valence electrons. The number of carbonyl (C=O) groups excluding carboxylic acids is 1. The lowest BCUT2D eigenvalue weighted by molar-refractivity contribution is -0.115. The molecule has 0 aliphatic rings. The van der Waals surface area contributed by atoms with Crippen molar-refractivity contribution < 1.29 is 23.7 Å². The van der Waals surface area contributed by atoms with Gasteiger partial charge in [-0.1, -0.05) is 6.92 Å². The van der Waals surface area contributed by atoms with Gasteiger partial charge in [0.15, 0.2) is 11.5 Å². The van der Waals surface area contributed by atoms with Gasteiger partial charge in [-0.05, 0) is 46.2 Å². The minimum Gasteiger partial charge on any atom is -0.495 e. The van der Waals surface area contributed by atoms with Crippen LogP contribution in [-0.2, 0) is 23.2 Å². The Morgan fingerprint density at radius 3 is 2.31 bits per heavy atom. The van der Waals surface area contributed by atoms with E-state index in [1.807, 2.05) is 17.7 Å². The lowest BCUT2D eigenvalue weighted by atomic mass is 10.1. The van der Waals surface area contributed by atoms with E-state index in [-0.39, 0.29) is 17.9 Å². The van der Waals surface area contributed by atoms with Gasteiger partial charge in [0.2, 0.25) is 5.91 Å². The van der Waals surface area contributed by atoms with Crippen molar-refractivity contribution in [3.63, 3.8) is 0 Å². The van der Waals surface area contributed by atoms with Crippen molar-refractivity contribution in [1.29, 1.82) is 0 Å². The zero-order chi connectivity index (χ0) is 28.3. The van der Waals surface area contributed by atoms with E-state index >= 15 is 0 Å². The molecule has 4 rings (SSSR count). The molecule has 0 atom stereocenters. The highest BCUT2D eigenvalue weighted by Crippen LogP contribution is 2.37. The molecule has 10 nitrogen and oxygen atoms in total. The van der Waals surface area contributed by atoms with E-state index in [2.05, 4.69) is 48.1 Å². The Bertz CT molecular complexity index is 1510. The summed E-state index contributed by atoms with van der Waals surface area (Å²) in [4.78, 5) is 22.0. The number of aromatic nitrogens is 4. The highest BCUT2D eigenvalue weighted by atomic mass is 16.5. The summed E-state index contributed by atoms with van der Waals surface area (Å²) in [5, 5.41) is 8.47. The number of nitrogens with one attached hydrogen (secondary N) is 1. The smallest absolute Gasteiger partial charge is 0.231 e. The molecule has 0 spiro atoms. The van der Waals surface area contributed by atoms with Crippen molar-refractivity contribution in [2.45, 2.75) is 53.0 Å². The van der Waals surface area contributed by atoms with E-state index in [0.717, 1.165) is 23.1 Å². The van der Waals surface area contributed by atoms with Crippen LogP contribution in [0.3, 0.4) is 0 Å². The van der Waals surface area contributed by atoms with Gasteiger partial charge in [-0.25, -0.2) is 4.68 Å². The maximum atomic E-state index is 13.1. The fraction of sp³-hybridized carbons (Fsp3) is 0.379. The first-order valence-corrected chi connectivity index (χ1v) is 12.7. The topological polar surface area (TPSA) is 110 Å². The largest absolute Gasteiger partial charge is 0.495 e. The molecule has 10 heteroatoms. The molecule has 0 saturated carbocycles. The highest BCUT2D eigenvalue weighted by molar-refractivity contribution is 5.92. The lowest BCUT2D eigenvalue weighted by Gasteiger charge is -2.23. The first-order chi connectivity index (χ1) is 18.6. The maximum Gasteiger partial charge on any atom is 0.231 e. The van der Waals surface area contributed by atoms with E-state index in [9.17, 15) is 4.79 Å². The number of pyridine rings is 2. The van der Waals surface area contributed by atoms with Crippen LogP contribution in [0.15, 0.2) is 36.7 Å². The van der Waals surface area contributed by atoms with Crippen LogP contribution < -0.4 is 24.3 Å². The molecular formula is C29H35N5O5. The Morgan fingerprint density at radius 1 is 0.974 bits per heavy atom. The Hall–Kier alpha value is -4.34. The third kappa shape index (κ3) is 5.74. The average Bonchev–Trinajstić information content (AvgIpc) is 3.23. The van der Waals surface area contributed by atoms with E-state index in [0.29, 0.717) is 45.8 Å². The van der Waals surface area contributed by atoms with Crippen molar-refractivity contribution in [3.8, 4) is 28.7 Å². The standard InChI is InChI=1S/C29H35N5O5/c1-9-19-17(2)33-34(29(3,4)5)28(19)32-27(35)15-22-24(36-6)12-18(16-31-22)39-23-10-11-30-21-14-26(38-8)25(37-7)13-20(21)23/h10-14,16H,9,15H2,1-8H3,(H,32,35). The van der Waals surface area contributed by atoms with Gasteiger partial charge in [0, 0.05) is 29.3 Å². The van der Waals surface area contributed by atoms with Gasteiger partial charge in [0.1, 0.15) is 23.1 Å². The third-order valence-corrected chi connectivity index (χ3v) is 6.32. The molecule has 0 unspecified atom stereocenters. The second-order valence-corrected chi connectivity index (χ2v) is 10.0. The molecule has 0 saturated heterocycles. The predicted molar refractivity (Wildman–Crippen MR) is 149 cm³/mol. The van der Waals surface area contributed by atoms with E-state index in [1.54, 1.807) is 44.8 Å². The number of anilines is 1. The van der Waals surface area contributed by atoms with E-state index in [4.69, 9.17) is 18.9 Å². The van der Waals surface area contributed by atoms with Crippen LogP contribution in [0.4, 0.5) is 5.82 Å². The maximum absolute atomic E-state index is 13.1. The van der Waals surface area contributed by atoms with E-state index in [1.165, 1.54) is 7.11 Å². The van der Waals surface area contributed by atoms with Crippen LogP contribution in [0.2, 0.25) is 0 Å². The fourth-order valence-corrected chi connectivity index (χ4v) is 4.41. The normalized spacial score (nSPS) is 11.4. The van der Waals surface area contributed by atoms with Gasteiger partial charge in [-0.2, -0.15) is 5.10 Å². The molecule has 0 fully saturated rings. The van der Waals surface area contributed by atoms with Gasteiger partial charge in [0.05, 0.1) is 56.4 Å². The first kappa shape index (κ1) is 27.7. The predicted octanol–water partition coefficient (Wildman–Crippen LogP) is 5.45. The number of hydrogen-bond acceptors (Lipinski definition) is 8. The molecule has 1 amide bonds. The number of fused-ring (bicyclic) bond motifs is 1. The van der Waals surface area contributed by atoms with Crippen LogP contribution in [0.5, 0.6) is 28.7 Å². The van der Waals surface area contributed by atoms with Crippen molar-refractivity contribution in [2.24, 2.45) is 0 Å². The van der Waals surface area contributed by atoms with Crippen molar-refractivity contribution in [3.05, 3.63) is 53.6 Å². The Balaban J connectivity index is 1.58. The van der Waals surface area contributed by atoms with Crippen LogP contribution >= 0.6 is 0 Å². The van der Waals surface area contributed by atoms with Gasteiger partial charge >= 0.3 is 0 Å². The number of aryl methyl sites for hydroxylation is 1. The molecule has 4 aromatic rings. The Kier molecular flexibility index (Phi) is 7.94. The molecule has 0 bridgehead atoms.